The first-order chi connectivity index (χ1) is 9.34. The van der Waals surface area contributed by atoms with Crippen LogP contribution in [0.15, 0.2) is 47.8 Å². The molecule has 2 aromatic rings. The minimum absolute atomic E-state index is 0.354. The number of nitrogens with one attached hydrogen (secondary N) is 1. The van der Waals surface area contributed by atoms with Crippen molar-refractivity contribution in [1.29, 1.82) is 0 Å². The monoisotopic (exact) mass is 277 g/mol. The van der Waals surface area contributed by atoms with E-state index in [9.17, 15) is 5.11 Å². The molecule has 0 spiro atoms. The molecule has 0 radical (unpaired) electrons. The van der Waals surface area contributed by atoms with Crippen LogP contribution < -0.4 is 5.32 Å². The summed E-state index contributed by atoms with van der Waals surface area (Å²) in [5, 5.41) is 15.0. The van der Waals surface area contributed by atoms with Gasteiger partial charge in [-0.2, -0.15) is 0 Å². The third-order valence-corrected chi connectivity index (χ3v) is 3.56. The molecule has 0 saturated carbocycles. The lowest BCUT2D eigenvalue weighted by molar-refractivity contribution is 0.0288. The molecule has 3 nitrogen and oxygen atoms in total. The quantitative estimate of drug-likeness (QED) is 0.778. The summed E-state index contributed by atoms with van der Waals surface area (Å²) in [5.74, 6) is 0. The van der Waals surface area contributed by atoms with Crippen LogP contribution in [-0.2, 0) is 17.9 Å². The fraction of sp³-hybridized carbons (Fsp3) is 0.333. The molecule has 4 heteroatoms. The van der Waals surface area contributed by atoms with Gasteiger partial charge >= 0.3 is 0 Å². The third-order valence-electron chi connectivity index (χ3n) is 2.68. The Morgan fingerprint density at radius 2 is 2.00 bits per heavy atom. The van der Waals surface area contributed by atoms with Gasteiger partial charge in [-0.25, -0.2) is 0 Å². The Balaban J connectivity index is 1.56. The molecular formula is C15H19NO2S. The van der Waals surface area contributed by atoms with Gasteiger partial charge in [0.05, 0.1) is 19.3 Å². The molecule has 1 aromatic heterocycles. The van der Waals surface area contributed by atoms with Crippen molar-refractivity contribution in [3.05, 3.63) is 58.3 Å². The van der Waals surface area contributed by atoms with Crippen LogP contribution in [-0.4, -0.2) is 24.4 Å². The van der Waals surface area contributed by atoms with E-state index in [0.29, 0.717) is 19.8 Å². The van der Waals surface area contributed by atoms with E-state index >= 15 is 0 Å². The predicted octanol–water partition coefficient (Wildman–Crippen LogP) is 2.42. The highest BCUT2D eigenvalue weighted by atomic mass is 32.1. The van der Waals surface area contributed by atoms with E-state index < -0.39 is 6.10 Å². The highest BCUT2D eigenvalue weighted by Crippen LogP contribution is 2.07. The predicted molar refractivity (Wildman–Crippen MR) is 78.1 cm³/mol. The van der Waals surface area contributed by atoms with Crippen LogP contribution in [0.4, 0.5) is 0 Å². The molecule has 0 aliphatic heterocycles. The summed E-state index contributed by atoms with van der Waals surface area (Å²) in [6.45, 7) is 2.25. The Morgan fingerprint density at radius 1 is 1.16 bits per heavy atom. The maximum Gasteiger partial charge on any atom is 0.0897 e. The van der Waals surface area contributed by atoms with Crippen molar-refractivity contribution in [2.45, 2.75) is 19.3 Å². The van der Waals surface area contributed by atoms with Crippen molar-refractivity contribution in [1.82, 2.24) is 5.32 Å². The largest absolute Gasteiger partial charge is 0.389 e. The first-order valence-corrected chi connectivity index (χ1v) is 7.25. The summed E-state index contributed by atoms with van der Waals surface area (Å²) in [4.78, 5) is 1.28. The van der Waals surface area contributed by atoms with Gasteiger partial charge in [-0.05, 0) is 17.0 Å². The van der Waals surface area contributed by atoms with Crippen molar-refractivity contribution in [2.24, 2.45) is 0 Å². The number of rotatable bonds is 8. The lowest BCUT2D eigenvalue weighted by Crippen LogP contribution is -2.29. The summed E-state index contributed by atoms with van der Waals surface area (Å²) in [5.41, 5.74) is 1.13. The van der Waals surface area contributed by atoms with Gasteiger partial charge in [0, 0.05) is 18.0 Å². The molecule has 0 aliphatic carbocycles. The summed E-state index contributed by atoms with van der Waals surface area (Å²) < 4.78 is 5.48. The van der Waals surface area contributed by atoms with E-state index in [0.717, 1.165) is 12.1 Å². The average molecular weight is 277 g/mol. The Morgan fingerprint density at radius 3 is 2.74 bits per heavy atom. The molecule has 102 valence electrons. The van der Waals surface area contributed by atoms with Crippen molar-refractivity contribution >= 4 is 11.3 Å². The second-order valence-corrected chi connectivity index (χ2v) is 5.40. The Kier molecular flexibility index (Phi) is 6.04. The van der Waals surface area contributed by atoms with Crippen molar-refractivity contribution < 1.29 is 9.84 Å². The van der Waals surface area contributed by atoms with Crippen LogP contribution in [0.2, 0.25) is 0 Å². The zero-order chi connectivity index (χ0) is 13.3. The number of thiophene rings is 1. The molecule has 19 heavy (non-hydrogen) atoms. The lowest BCUT2D eigenvalue weighted by Gasteiger charge is -2.12. The van der Waals surface area contributed by atoms with Crippen molar-refractivity contribution in [2.75, 3.05) is 13.2 Å². The normalized spacial score (nSPS) is 12.5. The van der Waals surface area contributed by atoms with Gasteiger partial charge in [0.1, 0.15) is 0 Å². The van der Waals surface area contributed by atoms with E-state index in [1.165, 1.54) is 4.88 Å². The number of benzene rings is 1. The number of ether oxygens (including phenoxy) is 1. The minimum atomic E-state index is -0.469. The van der Waals surface area contributed by atoms with Gasteiger partial charge in [-0.1, -0.05) is 36.4 Å². The van der Waals surface area contributed by atoms with Gasteiger partial charge in [0.25, 0.3) is 0 Å². The van der Waals surface area contributed by atoms with Gasteiger partial charge in [0.2, 0.25) is 0 Å². The van der Waals surface area contributed by atoms with Crippen LogP contribution >= 0.6 is 11.3 Å². The molecule has 0 saturated heterocycles. The highest BCUT2D eigenvalue weighted by molar-refractivity contribution is 7.09. The van der Waals surface area contributed by atoms with Gasteiger partial charge in [0.15, 0.2) is 0 Å². The summed E-state index contributed by atoms with van der Waals surface area (Å²) >= 11 is 1.71. The molecule has 1 atom stereocenters. The maximum absolute atomic E-state index is 9.77. The highest BCUT2D eigenvalue weighted by Gasteiger charge is 2.04. The standard InChI is InChI=1S/C15H19NO2S/c17-14(9-16-10-15-7-4-8-19-15)12-18-11-13-5-2-1-3-6-13/h1-8,14,16-17H,9-12H2/t14-/m0/s1. The van der Waals surface area contributed by atoms with Crippen LogP contribution in [0.3, 0.4) is 0 Å². The Labute approximate surface area is 117 Å². The molecule has 2 rings (SSSR count). The van der Waals surface area contributed by atoms with Gasteiger partial charge in [-0.15, -0.1) is 11.3 Å². The molecule has 0 amide bonds. The van der Waals surface area contributed by atoms with E-state index in [-0.39, 0.29) is 0 Å². The molecule has 0 aliphatic rings. The van der Waals surface area contributed by atoms with E-state index in [1.807, 2.05) is 36.4 Å². The fourth-order valence-electron chi connectivity index (χ4n) is 1.72. The van der Waals surface area contributed by atoms with Crippen molar-refractivity contribution in [3.63, 3.8) is 0 Å². The topological polar surface area (TPSA) is 41.5 Å². The van der Waals surface area contributed by atoms with Gasteiger partial charge in [-0.3, -0.25) is 0 Å². The van der Waals surface area contributed by atoms with Crippen molar-refractivity contribution in [3.8, 4) is 0 Å². The molecular weight excluding hydrogens is 258 g/mol. The summed E-state index contributed by atoms with van der Waals surface area (Å²) in [7, 11) is 0. The third kappa shape index (κ3) is 5.53. The van der Waals surface area contributed by atoms with E-state index in [2.05, 4.69) is 16.8 Å². The van der Waals surface area contributed by atoms with E-state index in [4.69, 9.17) is 4.74 Å². The Hall–Kier alpha value is -1.20. The number of aliphatic hydroxyl groups excluding tert-OH is 1. The zero-order valence-electron chi connectivity index (χ0n) is 10.8. The SMILES string of the molecule is O[C@@H](CNCc1cccs1)COCc1ccccc1. The number of aliphatic hydroxyl groups is 1. The molecule has 0 unspecified atom stereocenters. The smallest absolute Gasteiger partial charge is 0.0897 e. The van der Waals surface area contributed by atoms with Gasteiger partial charge < -0.3 is 15.2 Å². The maximum atomic E-state index is 9.77. The lowest BCUT2D eigenvalue weighted by atomic mass is 10.2. The second-order valence-electron chi connectivity index (χ2n) is 4.36. The molecule has 2 N–H and O–H groups in total. The summed E-state index contributed by atoms with van der Waals surface area (Å²) in [6, 6.07) is 14.1. The second kappa shape index (κ2) is 8.07. The minimum Gasteiger partial charge on any atom is -0.389 e. The number of hydrogen-bond acceptors (Lipinski definition) is 4. The number of hydrogen-bond donors (Lipinski definition) is 2. The average Bonchev–Trinajstić information content (AvgIpc) is 2.93. The van der Waals surface area contributed by atoms with Crippen LogP contribution in [0.25, 0.3) is 0 Å². The van der Waals surface area contributed by atoms with Crippen LogP contribution in [0.1, 0.15) is 10.4 Å². The van der Waals surface area contributed by atoms with E-state index in [1.54, 1.807) is 11.3 Å². The van der Waals surface area contributed by atoms with Crippen LogP contribution in [0, 0.1) is 0 Å². The Bertz CT molecular complexity index is 444. The first kappa shape index (κ1) is 14.2. The molecule has 1 aromatic carbocycles. The molecule has 0 fully saturated rings. The fourth-order valence-corrected chi connectivity index (χ4v) is 2.40. The zero-order valence-corrected chi connectivity index (χ0v) is 11.6. The first-order valence-electron chi connectivity index (χ1n) is 6.37. The summed E-state index contributed by atoms with van der Waals surface area (Å²) in [6.07, 6.45) is -0.469. The molecule has 0 bridgehead atoms. The molecule has 1 heterocycles. The van der Waals surface area contributed by atoms with Crippen LogP contribution in [0.5, 0.6) is 0 Å².